The fraction of sp³-hybridized carbons (Fsp3) is 0.278. The van der Waals surface area contributed by atoms with Gasteiger partial charge in [0, 0.05) is 0 Å². The zero-order valence-electron chi connectivity index (χ0n) is 27.4. The number of carbonyl (C=O) groups excluding carboxylic acids is 2. The van der Waals surface area contributed by atoms with Gasteiger partial charge in [0.25, 0.3) is 11.5 Å². The van der Waals surface area contributed by atoms with Gasteiger partial charge in [-0.05, 0) is 81.3 Å². The summed E-state index contributed by atoms with van der Waals surface area (Å²) in [5, 5.41) is 2.78. The third-order valence-electron chi connectivity index (χ3n) is 7.33. The Morgan fingerprint density at radius 1 is 0.917 bits per heavy atom. The zero-order chi connectivity index (χ0) is 34.2. The van der Waals surface area contributed by atoms with Gasteiger partial charge in [-0.2, -0.15) is 0 Å². The maximum absolute atomic E-state index is 14.0. The highest BCUT2D eigenvalue weighted by Crippen LogP contribution is 2.32. The monoisotopic (exact) mass is 671 g/mol. The number of thiazole rings is 1. The van der Waals surface area contributed by atoms with Gasteiger partial charge >= 0.3 is 5.97 Å². The number of rotatable bonds is 13. The molecule has 0 aliphatic carbocycles. The van der Waals surface area contributed by atoms with Gasteiger partial charge in [0.1, 0.15) is 11.5 Å². The van der Waals surface area contributed by atoms with Gasteiger partial charge < -0.3 is 29.0 Å². The molecule has 11 nitrogen and oxygen atoms in total. The maximum atomic E-state index is 14.0. The maximum Gasteiger partial charge on any atom is 0.338 e. The van der Waals surface area contributed by atoms with E-state index in [4.69, 9.17) is 23.7 Å². The second kappa shape index (κ2) is 15.5. The normalized spacial score (nSPS) is 14.1. The molecule has 1 atom stereocenters. The molecule has 1 aromatic heterocycles. The minimum absolute atomic E-state index is 0.185. The van der Waals surface area contributed by atoms with E-state index >= 15 is 0 Å². The lowest BCUT2D eigenvalue weighted by molar-refractivity contribution is -0.139. The Morgan fingerprint density at radius 2 is 1.67 bits per heavy atom. The summed E-state index contributed by atoms with van der Waals surface area (Å²) in [4.78, 5) is 45.0. The van der Waals surface area contributed by atoms with Crippen LogP contribution in [0.5, 0.6) is 23.0 Å². The molecule has 1 amide bonds. The topological polar surface area (TPSA) is 127 Å². The van der Waals surface area contributed by atoms with E-state index in [-0.39, 0.29) is 24.7 Å². The summed E-state index contributed by atoms with van der Waals surface area (Å²) in [6.45, 7) is 8.01. The number of nitrogens with one attached hydrogen (secondary N) is 1. The molecule has 0 fully saturated rings. The molecule has 0 bridgehead atoms. The van der Waals surface area contributed by atoms with Gasteiger partial charge in [-0.15, -0.1) is 0 Å². The number of esters is 1. The number of nitrogens with zero attached hydrogens (tertiary/aromatic N) is 2. The van der Waals surface area contributed by atoms with Crippen molar-refractivity contribution in [3.8, 4) is 23.0 Å². The van der Waals surface area contributed by atoms with Crippen molar-refractivity contribution < 1.29 is 33.3 Å². The van der Waals surface area contributed by atoms with Crippen molar-refractivity contribution in [1.29, 1.82) is 0 Å². The predicted octanol–water partition coefficient (Wildman–Crippen LogP) is 4.62. The van der Waals surface area contributed by atoms with Crippen molar-refractivity contribution >= 4 is 35.0 Å². The predicted molar refractivity (Wildman–Crippen MR) is 183 cm³/mol. The lowest BCUT2D eigenvalue weighted by atomic mass is 9.96. The summed E-state index contributed by atoms with van der Waals surface area (Å²) in [7, 11) is 1.53. The van der Waals surface area contributed by atoms with E-state index in [0.29, 0.717) is 68.1 Å². The first kappa shape index (κ1) is 34.0. The molecule has 250 valence electrons. The molecule has 0 unspecified atom stereocenters. The Morgan fingerprint density at radius 3 is 2.38 bits per heavy atom. The minimum Gasteiger partial charge on any atom is -0.495 e. The van der Waals surface area contributed by atoms with Crippen LogP contribution in [-0.2, 0) is 14.3 Å². The summed E-state index contributed by atoms with van der Waals surface area (Å²) >= 11 is 1.22. The first-order chi connectivity index (χ1) is 23.3. The number of benzene rings is 3. The first-order valence-corrected chi connectivity index (χ1v) is 16.3. The average Bonchev–Trinajstić information content (AvgIpc) is 3.38. The Labute approximate surface area is 281 Å². The number of hydrogen-bond donors (Lipinski definition) is 1. The molecular formula is C36H37N3O8S. The molecule has 1 N–H and O–H groups in total. The van der Waals surface area contributed by atoms with Crippen LogP contribution in [0.2, 0.25) is 0 Å². The molecule has 4 aromatic rings. The highest BCUT2D eigenvalue weighted by atomic mass is 32.1. The summed E-state index contributed by atoms with van der Waals surface area (Å²) in [5.74, 6) is 1.11. The highest BCUT2D eigenvalue weighted by Gasteiger charge is 2.33. The average molecular weight is 672 g/mol. The summed E-state index contributed by atoms with van der Waals surface area (Å²) in [6.07, 6.45) is 1.74. The van der Waals surface area contributed by atoms with Gasteiger partial charge in [0.15, 0.2) is 22.9 Å². The largest absolute Gasteiger partial charge is 0.495 e. The quantitative estimate of drug-likeness (QED) is 0.204. The van der Waals surface area contributed by atoms with Crippen LogP contribution in [-0.4, -0.2) is 50.0 Å². The lowest BCUT2D eigenvalue weighted by Crippen LogP contribution is -2.39. The second-order valence-corrected chi connectivity index (χ2v) is 11.5. The summed E-state index contributed by atoms with van der Waals surface area (Å²) < 4.78 is 29.9. The van der Waals surface area contributed by atoms with Crippen LogP contribution < -0.4 is 39.2 Å². The Bertz CT molecular complexity index is 2010. The number of fused-ring (bicyclic) bond motifs is 1. The van der Waals surface area contributed by atoms with Gasteiger partial charge in [-0.1, -0.05) is 41.7 Å². The standard InChI is InChI=1S/C36H37N3O8S/c1-6-44-25-16-14-24(15-17-25)33-32(35(42)46-8-3)22(4)37-36-39(33)34(41)30(48-36)20-23-13-18-28(29(19-23)45-7-2)47-21-31(40)38-26-11-9-10-12-27(26)43-5/h9-20,33H,6-8,21H2,1-5H3,(H,38,40)/b30-20+/t33-/m1/s1. The fourth-order valence-electron chi connectivity index (χ4n) is 5.25. The number of anilines is 1. The van der Waals surface area contributed by atoms with Crippen molar-refractivity contribution in [2.75, 3.05) is 38.9 Å². The van der Waals surface area contributed by atoms with Gasteiger partial charge in [-0.3, -0.25) is 14.2 Å². The van der Waals surface area contributed by atoms with Crippen LogP contribution in [0, 0.1) is 0 Å². The minimum atomic E-state index is -0.741. The number of allylic oxidation sites excluding steroid dienone is 1. The number of methoxy groups -OCH3 is 1. The number of carbonyl (C=O) groups is 2. The Kier molecular flexibility index (Phi) is 11.0. The third kappa shape index (κ3) is 7.44. The molecule has 1 aliphatic heterocycles. The molecule has 0 radical (unpaired) electrons. The van der Waals surface area contributed by atoms with Gasteiger partial charge in [0.2, 0.25) is 0 Å². The van der Waals surface area contributed by atoms with Crippen molar-refractivity contribution in [3.05, 3.63) is 109 Å². The van der Waals surface area contributed by atoms with E-state index in [0.717, 1.165) is 5.56 Å². The van der Waals surface area contributed by atoms with E-state index < -0.39 is 12.0 Å². The molecule has 5 rings (SSSR count). The summed E-state index contributed by atoms with van der Waals surface area (Å²) in [5.41, 5.74) is 2.40. The fourth-order valence-corrected chi connectivity index (χ4v) is 6.30. The number of amides is 1. The molecule has 0 saturated carbocycles. The molecule has 48 heavy (non-hydrogen) atoms. The van der Waals surface area contributed by atoms with E-state index in [9.17, 15) is 14.4 Å². The van der Waals surface area contributed by atoms with Crippen molar-refractivity contribution in [2.24, 2.45) is 4.99 Å². The first-order valence-electron chi connectivity index (χ1n) is 15.5. The number of para-hydroxylation sites is 2. The van der Waals surface area contributed by atoms with E-state index in [1.54, 1.807) is 56.3 Å². The molecule has 0 spiro atoms. The Balaban J connectivity index is 1.47. The van der Waals surface area contributed by atoms with E-state index in [2.05, 4.69) is 10.3 Å². The number of hydrogen-bond acceptors (Lipinski definition) is 10. The van der Waals surface area contributed by atoms with Crippen LogP contribution in [0.1, 0.15) is 44.9 Å². The van der Waals surface area contributed by atoms with Crippen LogP contribution in [0.25, 0.3) is 6.08 Å². The molecular weight excluding hydrogens is 634 g/mol. The van der Waals surface area contributed by atoms with Crippen molar-refractivity contribution in [2.45, 2.75) is 33.7 Å². The highest BCUT2D eigenvalue weighted by molar-refractivity contribution is 7.07. The zero-order valence-corrected chi connectivity index (χ0v) is 28.2. The van der Waals surface area contributed by atoms with E-state index in [1.165, 1.54) is 23.0 Å². The molecule has 12 heteroatoms. The van der Waals surface area contributed by atoms with Crippen molar-refractivity contribution in [1.82, 2.24) is 4.57 Å². The number of aromatic nitrogens is 1. The smallest absolute Gasteiger partial charge is 0.338 e. The molecule has 3 aromatic carbocycles. The molecule has 0 saturated heterocycles. The van der Waals surface area contributed by atoms with Crippen LogP contribution in [0.3, 0.4) is 0 Å². The van der Waals surface area contributed by atoms with Gasteiger partial charge in [0.05, 0.1) is 54.5 Å². The van der Waals surface area contributed by atoms with Crippen molar-refractivity contribution in [3.63, 3.8) is 0 Å². The van der Waals surface area contributed by atoms with Crippen LogP contribution in [0.15, 0.2) is 87.8 Å². The van der Waals surface area contributed by atoms with E-state index in [1.807, 2.05) is 44.2 Å². The van der Waals surface area contributed by atoms with Crippen LogP contribution >= 0.6 is 11.3 Å². The van der Waals surface area contributed by atoms with Crippen LogP contribution in [0.4, 0.5) is 5.69 Å². The molecule has 2 heterocycles. The lowest BCUT2D eigenvalue weighted by Gasteiger charge is -2.24. The molecule has 1 aliphatic rings. The second-order valence-electron chi connectivity index (χ2n) is 10.5. The Hall–Kier alpha value is -5.36. The third-order valence-corrected chi connectivity index (χ3v) is 8.31. The number of ether oxygens (including phenoxy) is 5. The summed E-state index contributed by atoms with van der Waals surface area (Å²) in [6, 6.07) is 18.9. The van der Waals surface area contributed by atoms with Gasteiger partial charge in [-0.25, -0.2) is 9.79 Å². The SMILES string of the molecule is CCOC(=O)C1=C(C)N=c2s/c(=C/c3ccc(OCC(=O)Nc4ccccc4OC)c(OCC)c3)c(=O)n2[C@@H]1c1ccc(OCC)cc1.